The van der Waals surface area contributed by atoms with E-state index in [0.29, 0.717) is 6.54 Å². The van der Waals surface area contributed by atoms with E-state index in [-0.39, 0.29) is 11.8 Å². The first kappa shape index (κ1) is 17.2. The Morgan fingerprint density at radius 3 is 2.54 bits per heavy atom. The zero-order valence-electron chi connectivity index (χ0n) is 14.6. The van der Waals surface area contributed by atoms with Crippen molar-refractivity contribution in [2.45, 2.75) is 25.8 Å². The Hall–Kier alpha value is -2.27. The number of amides is 1. The van der Waals surface area contributed by atoms with Gasteiger partial charge in [-0.2, -0.15) is 0 Å². The predicted octanol–water partition coefficient (Wildman–Crippen LogP) is 3.77. The monoisotopic (exact) mass is 356 g/mol. The number of hydrogen-bond acceptors (Lipinski definition) is 2. The molecule has 3 nitrogen and oxygen atoms in total. The molecule has 0 unspecified atom stereocenters. The van der Waals surface area contributed by atoms with Gasteiger partial charge in [0, 0.05) is 24.7 Å². The molecule has 5 heteroatoms. The van der Waals surface area contributed by atoms with Crippen LogP contribution in [0.1, 0.15) is 24.0 Å². The van der Waals surface area contributed by atoms with Gasteiger partial charge in [0.25, 0.3) is 0 Å². The third-order valence-electron chi connectivity index (χ3n) is 5.48. The Labute approximate surface area is 152 Å². The number of carbonyl (C=O) groups is 1. The third kappa shape index (κ3) is 3.36. The molecule has 2 aromatic carbocycles. The molecule has 1 fully saturated rings. The van der Waals surface area contributed by atoms with E-state index in [0.717, 1.165) is 50.1 Å². The van der Waals surface area contributed by atoms with E-state index in [1.807, 2.05) is 23.1 Å². The molecular weight excluding hydrogens is 334 g/mol. The molecule has 0 aromatic heterocycles. The summed E-state index contributed by atoms with van der Waals surface area (Å²) in [5, 5.41) is 0. The molecule has 2 heterocycles. The minimum atomic E-state index is -0.816. The summed E-state index contributed by atoms with van der Waals surface area (Å²) in [7, 11) is 0. The van der Waals surface area contributed by atoms with Crippen molar-refractivity contribution in [3.63, 3.8) is 0 Å². The van der Waals surface area contributed by atoms with Crippen molar-refractivity contribution in [2.75, 3.05) is 24.5 Å². The lowest BCUT2D eigenvalue weighted by molar-refractivity contribution is -0.123. The lowest BCUT2D eigenvalue weighted by Crippen LogP contribution is -2.41. The Bertz CT molecular complexity index is 815. The Kier molecular flexibility index (Phi) is 4.72. The van der Waals surface area contributed by atoms with E-state index < -0.39 is 11.6 Å². The van der Waals surface area contributed by atoms with Gasteiger partial charge in [-0.25, -0.2) is 8.78 Å². The van der Waals surface area contributed by atoms with Gasteiger partial charge in [0.1, 0.15) is 0 Å². The van der Waals surface area contributed by atoms with Crippen LogP contribution in [0.3, 0.4) is 0 Å². The van der Waals surface area contributed by atoms with Crippen molar-refractivity contribution in [2.24, 2.45) is 5.92 Å². The van der Waals surface area contributed by atoms with Gasteiger partial charge in [0.2, 0.25) is 5.91 Å². The van der Waals surface area contributed by atoms with Crippen molar-refractivity contribution >= 4 is 11.6 Å². The zero-order chi connectivity index (χ0) is 18.1. The SMILES string of the molecule is O=C(C1CCN(Cc2ccc(F)c(F)c2)CC1)N1CCc2ccccc21. The molecule has 4 rings (SSSR count). The van der Waals surface area contributed by atoms with E-state index >= 15 is 0 Å². The molecule has 2 aliphatic heterocycles. The van der Waals surface area contributed by atoms with Crippen molar-refractivity contribution in [1.29, 1.82) is 0 Å². The summed E-state index contributed by atoms with van der Waals surface area (Å²) in [5.41, 5.74) is 3.07. The van der Waals surface area contributed by atoms with Crippen molar-refractivity contribution < 1.29 is 13.6 Å². The molecule has 2 aromatic rings. The summed E-state index contributed by atoms with van der Waals surface area (Å²) in [6.45, 7) is 2.95. The second kappa shape index (κ2) is 7.16. The third-order valence-corrected chi connectivity index (χ3v) is 5.48. The highest BCUT2D eigenvalue weighted by atomic mass is 19.2. The molecule has 0 spiro atoms. The first-order valence-corrected chi connectivity index (χ1v) is 9.17. The van der Waals surface area contributed by atoms with Crippen LogP contribution in [0.15, 0.2) is 42.5 Å². The number of rotatable bonds is 3. The van der Waals surface area contributed by atoms with E-state index in [2.05, 4.69) is 11.0 Å². The van der Waals surface area contributed by atoms with Gasteiger partial charge < -0.3 is 4.90 Å². The molecule has 0 atom stereocenters. The minimum Gasteiger partial charge on any atom is -0.312 e. The molecule has 1 amide bonds. The van der Waals surface area contributed by atoms with Crippen LogP contribution < -0.4 is 4.90 Å². The number of carbonyl (C=O) groups excluding carboxylic acids is 1. The minimum absolute atomic E-state index is 0.0439. The normalized spacial score (nSPS) is 18.2. The highest BCUT2D eigenvalue weighted by molar-refractivity contribution is 5.97. The van der Waals surface area contributed by atoms with Crippen LogP contribution in [0.5, 0.6) is 0 Å². The molecule has 2 aliphatic rings. The van der Waals surface area contributed by atoms with Crippen molar-refractivity contribution in [3.05, 3.63) is 65.2 Å². The number of anilines is 1. The smallest absolute Gasteiger partial charge is 0.230 e. The number of nitrogens with zero attached hydrogens (tertiary/aromatic N) is 2. The second-order valence-corrected chi connectivity index (χ2v) is 7.17. The summed E-state index contributed by atoms with van der Waals surface area (Å²) in [4.78, 5) is 17.1. The van der Waals surface area contributed by atoms with Crippen molar-refractivity contribution in [3.8, 4) is 0 Å². The van der Waals surface area contributed by atoms with E-state index in [1.165, 1.54) is 17.7 Å². The average Bonchev–Trinajstić information content (AvgIpc) is 3.09. The number of likely N-dealkylation sites (tertiary alicyclic amines) is 1. The lowest BCUT2D eigenvalue weighted by Gasteiger charge is -2.33. The highest BCUT2D eigenvalue weighted by Crippen LogP contribution is 2.31. The molecule has 1 saturated heterocycles. The van der Waals surface area contributed by atoms with Crippen LogP contribution >= 0.6 is 0 Å². The molecule has 0 saturated carbocycles. The van der Waals surface area contributed by atoms with Gasteiger partial charge >= 0.3 is 0 Å². The number of para-hydroxylation sites is 1. The fourth-order valence-corrected chi connectivity index (χ4v) is 4.02. The van der Waals surface area contributed by atoms with Gasteiger partial charge in [0.05, 0.1) is 0 Å². The van der Waals surface area contributed by atoms with E-state index in [4.69, 9.17) is 0 Å². The molecule has 26 heavy (non-hydrogen) atoms. The fraction of sp³-hybridized carbons (Fsp3) is 0.381. The fourth-order valence-electron chi connectivity index (χ4n) is 4.02. The first-order chi connectivity index (χ1) is 12.6. The summed E-state index contributed by atoms with van der Waals surface area (Å²) in [6.07, 6.45) is 2.54. The molecule has 0 aliphatic carbocycles. The number of fused-ring (bicyclic) bond motifs is 1. The van der Waals surface area contributed by atoms with Crippen molar-refractivity contribution in [1.82, 2.24) is 4.90 Å². The van der Waals surface area contributed by atoms with Crippen LogP contribution in [0.2, 0.25) is 0 Å². The van der Waals surface area contributed by atoms with Crippen LogP contribution in [0, 0.1) is 17.6 Å². The molecule has 0 radical (unpaired) electrons. The number of hydrogen-bond donors (Lipinski definition) is 0. The van der Waals surface area contributed by atoms with Crippen LogP contribution in [0.4, 0.5) is 14.5 Å². The van der Waals surface area contributed by atoms with Gasteiger partial charge in [0.15, 0.2) is 11.6 Å². The molecular formula is C21H22F2N2O. The van der Waals surface area contributed by atoms with Gasteiger partial charge in [-0.1, -0.05) is 24.3 Å². The Morgan fingerprint density at radius 1 is 1.00 bits per heavy atom. The second-order valence-electron chi connectivity index (χ2n) is 7.17. The van der Waals surface area contributed by atoms with Crippen LogP contribution in [-0.2, 0) is 17.8 Å². The maximum Gasteiger partial charge on any atom is 0.230 e. The molecule has 0 N–H and O–H groups in total. The summed E-state index contributed by atoms with van der Waals surface area (Å²) in [6, 6.07) is 12.2. The van der Waals surface area contributed by atoms with E-state index in [9.17, 15) is 13.6 Å². The number of piperidine rings is 1. The predicted molar refractivity (Wildman–Crippen MR) is 96.9 cm³/mol. The average molecular weight is 356 g/mol. The standard InChI is InChI=1S/C21H22F2N2O/c22-18-6-5-15(13-19(18)23)14-24-10-7-17(8-11-24)21(26)25-12-9-16-3-1-2-4-20(16)25/h1-6,13,17H,7-12,14H2. The van der Waals surface area contributed by atoms with Crippen LogP contribution in [0.25, 0.3) is 0 Å². The quantitative estimate of drug-likeness (QED) is 0.836. The number of halogens is 2. The van der Waals surface area contributed by atoms with Crippen LogP contribution in [-0.4, -0.2) is 30.4 Å². The van der Waals surface area contributed by atoms with Gasteiger partial charge in [-0.15, -0.1) is 0 Å². The topological polar surface area (TPSA) is 23.6 Å². The Balaban J connectivity index is 1.35. The molecule has 136 valence electrons. The summed E-state index contributed by atoms with van der Waals surface area (Å²) < 4.78 is 26.4. The largest absolute Gasteiger partial charge is 0.312 e. The Morgan fingerprint density at radius 2 is 1.77 bits per heavy atom. The lowest BCUT2D eigenvalue weighted by atomic mass is 9.95. The highest BCUT2D eigenvalue weighted by Gasteiger charge is 2.32. The summed E-state index contributed by atoms with van der Waals surface area (Å²) in [5.74, 6) is -1.35. The van der Waals surface area contributed by atoms with Gasteiger partial charge in [-0.3, -0.25) is 9.69 Å². The van der Waals surface area contributed by atoms with E-state index in [1.54, 1.807) is 6.07 Å². The number of benzene rings is 2. The molecule has 0 bridgehead atoms. The maximum absolute atomic E-state index is 13.4. The zero-order valence-corrected chi connectivity index (χ0v) is 14.6. The summed E-state index contributed by atoms with van der Waals surface area (Å²) >= 11 is 0. The maximum atomic E-state index is 13.4. The van der Waals surface area contributed by atoms with Gasteiger partial charge in [-0.05, 0) is 61.7 Å². The first-order valence-electron chi connectivity index (χ1n) is 9.17.